The van der Waals surface area contributed by atoms with Crippen LogP contribution in [0.3, 0.4) is 0 Å². The number of H-pyrrole nitrogens is 1. The van der Waals surface area contributed by atoms with Crippen LogP contribution in [0.5, 0.6) is 5.75 Å². The number of urea groups is 1. The summed E-state index contributed by atoms with van der Waals surface area (Å²) in [5.41, 5.74) is 1.64. The normalized spacial score (nSPS) is 10.8. The van der Waals surface area contributed by atoms with Gasteiger partial charge >= 0.3 is 6.03 Å². The fourth-order valence-corrected chi connectivity index (χ4v) is 3.13. The smallest absolute Gasteiger partial charge is 0.320 e. The summed E-state index contributed by atoms with van der Waals surface area (Å²) < 4.78 is 45.7. The first-order chi connectivity index (χ1) is 15.5. The van der Waals surface area contributed by atoms with Crippen LogP contribution in [-0.2, 0) is 13.0 Å². The third kappa shape index (κ3) is 5.00. The third-order valence-electron chi connectivity index (χ3n) is 4.79. The van der Waals surface area contributed by atoms with E-state index in [4.69, 9.17) is 4.74 Å². The Kier molecular flexibility index (Phi) is 6.25. The van der Waals surface area contributed by atoms with Gasteiger partial charge in [-0.1, -0.05) is 30.3 Å². The number of hydrogen-bond donors (Lipinski definition) is 3. The zero-order valence-electron chi connectivity index (χ0n) is 16.8. The van der Waals surface area contributed by atoms with E-state index in [0.29, 0.717) is 41.5 Å². The van der Waals surface area contributed by atoms with Gasteiger partial charge in [0.2, 0.25) is 0 Å². The summed E-state index contributed by atoms with van der Waals surface area (Å²) >= 11 is 0. The van der Waals surface area contributed by atoms with Crippen molar-refractivity contribution >= 4 is 22.8 Å². The van der Waals surface area contributed by atoms with Gasteiger partial charge in [0.05, 0.1) is 5.52 Å². The highest BCUT2D eigenvalue weighted by Gasteiger charge is 2.13. The molecule has 0 saturated carbocycles. The van der Waals surface area contributed by atoms with Gasteiger partial charge in [0.15, 0.2) is 17.5 Å². The molecule has 3 N–H and O–H groups in total. The number of rotatable bonds is 7. The zero-order chi connectivity index (χ0) is 22.5. The minimum Gasteiger partial charge on any atom is -0.489 e. The molecule has 1 heterocycles. The molecule has 0 fully saturated rings. The summed E-state index contributed by atoms with van der Waals surface area (Å²) in [6, 6.07) is 15.5. The molecule has 4 rings (SSSR count). The second-order valence-electron chi connectivity index (χ2n) is 7.04. The highest BCUT2D eigenvalue weighted by molar-refractivity contribution is 5.99. The van der Waals surface area contributed by atoms with Crippen LogP contribution in [0.1, 0.15) is 11.1 Å². The van der Waals surface area contributed by atoms with Crippen molar-refractivity contribution in [3.8, 4) is 5.75 Å². The van der Waals surface area contributed by atoms with E-state index in [2.05, 4.69) is 20.8 Å². The Morgan fingerprint density at radius 1 is 0.969 bits per heavy atom. The van der Waals surface area contributed by atoms with Crippen LogP contribution in [0.25, 0.3) is 10.9 Å². The maximum absolute atomic E-state index is 13.8. The van der Waals surface area contributed by atoms with Crippen molar-refractivity contribution in [3.63, 3.8) is 0 Å². The van der Waals surface area contributed by atoms with Crippen LogP contribution in [-0.4, -0.2) is 22.8 Å². The predicted octanol–water partition coefficient (Wildman–Crippen LogP) is 4.92. The highest BCUT2D eigenvalue weighted by atomic mass is 19.2. The fraction of sp³-hybridized carbons (Fsp3) is 0.130. The van der Waals surface area contributed by atoms with Crippen LogP contribution in [0.2, 0.25) is 0 Å². The Morgan fingerprint density at radius 2 is 1.75 bits per heavy atom. The number of carbonyl (C=O) groups excluding carboxylic acids is 1. The van der Waals surface area contributed by atoms with Crippen molar-refractivity contribution in [2.45, 2.75) is 13.0 Å². The molecule has 0 aliphatic rings. The third-order valence-corrected chi connectivity index (χ3v) is 4.79. The van der Waals surface area contributed by atoms with E-state index in [1.54, 1.807) is 18.2 Å². The Bertz CT molecular complexity index is 1240. The molecule has 3 aromatic carbocycles. The zero-order valence-corrected chi connectivity index (χ0v) is 16.8. The van der Waals surface area contributed by atoms with Gasteiger partial charge in [-0.3, -0.25) is 10.4 Å². The van der Waals surface area contributed by atoms with Gasteiger partial charge in [0.25, 0.3) is 0 Å². The summed E-state index contributed by atoms with van der Waals surface area (Å²) in [6.45, 7) is 0.154. The number of fused-ring (bicyclic) bond motifs is 1. The quantitative estimate of drug-likeness (QED) is 0.357. The number of aromatic nitrogens is 2. The van der Waals surface area contributed by atoms with E-state index in [1.165, 1.54) is 0 Å². The van der Waals surface area contributed by atoms with E-state index >= 15 is 0 Å². The van der Waals surface area contributed by atoms with Crippen LogP contribution in [0.15, 0.2) is 60.7 Å². The molecular formula is C23H19F3N4O2. The number of amides is 2. The summed E-state index contributed by atoms with van der Waals surface area (Å²) in [7, 11) is 0. The molecule has 0 saturated heterocycles. The molecule has 1 aromatic heterocycles. The first-order valence-electron chi connectivity index (χ1n) is 9.83. The molecule has 0 bridgehead atoms. The second-order valence-corrected chi connectivity index (χ2v) is 7.04. The predicted molar refractivity (Wildman–Crippen MR) is 114 cm³/mol. The standard InChI is InChI=1S/C23H19F3N4O2/c24-18-12-20(26)19(25)10-15(18)13-32-16-6-7-21-17(11-16)22(30-29-21)28-23(31)27-9-8-14-4-2-1-3-5-14/h1-7,10-12H,8-9,13H2,(H3,27,28,29,30,31). The van der Waals surface area contributed by atoms with Gasteiger partial charge in [-0.15, -0.1) is 0 Å². The number of ether oxygens (including phenoxy) is 1. The molecule has 0 aliphatic carbocycles. The fourth-order valence-electron chi connectivity index (χ4n) is 3.13. The van der Waals surface area contributed by atoms with Gasteiger partial charge in [-0.05, 0) is 36.2 Å². The monoisotopic (exact) mass is 440 g/mol. The molecule has 2 amide bonds. The Hall–Kier alpha value is -4.01. The maximum Gasteiger partial charge on any atom is 0.320 e. The molecule has 0 atom stereocenters. The number of anilines is 1. The minimum atomic E-state index is -1.26. The number of carbonyl (C=O) groups is 1. The minimum absolute atomic E-state index is 0.118. The van der Waals surface area contributed by atoms with Crippen LogP contribution >= 0.6 is 0 Å². The summed E-state index contributed by atoms with van der Waals surface area (Å²) in [5.74, 6) is -2.68. The van der Waals surface area contributed by atoms with Crippen molar-refractivity contribution in [2.75, 3.05) is 11.9 Å². The van der Waals surface area contributed by atoms with Crippen LogP contribution < -0.4 is 15.4 Å². The summed E-state index contributed by atoms with van der Waals surface area (Å²) in [6.07, 6.45) is 0.689. The number of hydrogen-bond acceptors (Lipinski definition) is 3. The molecule has 0 unspecified atom stereocenters. The lowest BCUT2D eigenvalue weighted by molar-refractivity contribution is 0.252. The van der Waals surface area contributed by atoms with Crippen molar-refractivity contribution < 1.29 is 22.7 Å². The van der Waals surface area contributed by atoms with Gasteiger partial charge in [0, 0.05) is 23.6 Å². The summed E-state index contributed by atoms with van der Waals surface area (Å²) in [4.78, 5) is 12.2. The lowest BCUT2D eigenvalue weighted by atomic mass is 10.1. The maximum atomic E-state index is 13.8. The Balaban J connectivity index is 1.39. The van der Waals surface area contributed by atoms with E-state index in [9.17, 15) is 18.0 Å². The topological polar surface area (TPSA) is 79.0 Å². The average molecular weight is 440 g/mol. The number of aromatic amines is 1. The highest BCUT2D eigenvalue weighted by Crippen LogP contribution is 2.26. The largest absolute Gasteiger partial charge is 0.489 e. The van der Waals surface area contributed by atoms with Crippen molar-refractivity contribution in [2.24, 2.45) is 0 Å². The van der Waals surface area contributed by atoms with Crippen LogP contribution in [0.4, 0.5) is 23.8 Å². The molecule has 0 aliphatic heterocycles. The molecule has 9 heteroatoms. The van der Waals surface area contributed by atoms with Crippen molar-refractivity contribution in [1.29, 1.82) is 0 Å². The number of halogens is 3. The number of benzene rings is 3. The Morgan fingerprint density at radius 3 is 2.56 bits per heavy atom. The summed E-state index contributed by atoms with van der Waals surface area (Å²) in [5, 5.41) is 12.9. The Labute approximate surface area is 181 Å². The lowest BCUT2D eigenvalue weighted by Gasteiger charge is -2.09. The van der Waals surface area contributed by atoms with E-state index in [1.807, 2.05) is 30.3 Å². The first-order valence-corrected chi connectivity index (χ1v) is 9.83. The average Bonchev–Trinajstić information content (AvgIpc) is 3.18. The van der Waals surface area contributed by atoms with E-state index in [0.717, 1.165) is 11.6 Å². The number of nitrogens with one attached hydrogen (secondary N) is 3. The first kappa shape index (κ1) is 21.2. The van der Waals surface area contributed by atoms with E-state index < -0.39 is 23.5 Å². The SMILES string of the molecule is O=C(NCCc1ccccc1)Nc1n[nH]c2ccc(OCc3cc(F)c(F)cc3F)cc12. The van der Waals surface area contributed by atoms with E-state index in [-0.39, 0.29) is 12.2 Å². The molecule has 4 aromatic rings. The molecule has 164 valence electrons. The van der Waals surface area contributed by atoms with Crippen molar-refractivity contribution in [1.82, 2.24) is 15.5 Å². The molecule has 32 heavy (non-hydrogen) atoms. The second kappa shape index (κ2) is 9.42. The lowest BCUT2D eigenvalue weighted by Crippen LogP contribution is -2.30. The van der Waals surface area contributed by atoms with Gasteiger partial charge < -0.3 is 10.1 Å². The van der Waals surface area contributed by atoms with Gasteiger partial charge in [-0.2, -0.15) is 5.10 Å². The molecular weight excluding hydrogens is 421 g/mol. The van der Waals surface area contributed by atoms with Crippen molar-refractivity contribution in [3.05, 3.63) is 89.2 Å². The molecule has 6 nitrogen and oxygen atoms in total. The number of nitrogens with zero attached hydrogens (tertiary/aromatic N) is 1. The van der Waals surface area contributed by atoms with Gasteiger partial charge in [0.1, 0.15) is 18.2 Å². The van der Waals surface area contributed by atoms with Crippen LogP contribution in [0, 0.1) is 17.5 Å². The van der Waals surface area contributed by atoms with Gasteiger partial charge in [-0.25, -0.2) is 18.0 Å². The molecule has 0 radical (unpaired) electrons. The molecule has 0 spiro atoms.